The summed E-state index contributed by atoms with van der Waals surface area (Å²) in [6.45, 7) is 5.54. The van der Waals surface area contributed by atoms with Gasteiger partial charge in [0.15, 0.2) is 0 Å². The third-order valence-electron chi connectivity index (χ3n) is 10.6. The lowest BCUT2D eigenvalue weighted by atomic mass is 9.78. The topological polar surface area (TPSA) is 49.8 Å². The fraction of sp³-hybridized carbons (Fsp3) is 0.359. The van der Waals surface area contributed by atoms with Crippen LogP contribution in [0.2, 0.25) is 0 Å². The maximum absolute atomic E-state index is 13.8. The number of β-lactam (4-membered cyclic amide) rings is 1. The number of ether oxygens (including phenoxy) is 1. The second-order valence-corrected chi connectivity index (χ2v) is 15.2. The smallest absolute Gasteiger partial charge is 0.235 e. The van der Waals surface area contributed by atoms with Crippen LogP contribution in [-0.4, -0.2) is 35.1 Å². The molecule has 0 spiro atoms. The van der Waals surface area contributed by atoms with E-state index >= 15 is 0 Å². The number of piperidine rings is 3. The Morgan fingerprint density at radius 1 is 0.833 bits per heavy atom. The standard InChI is InChI=1S/C39H40F2IN2O3.ClH/c40-32-9-5-30(6-10-32)37(45)18-17-36-38(46)43(34-13-11-33(41)12-14-34)39(36,42)31-7-15-35(16-8-31)47-26-29-3-1-28(2-4-29)25-44-22-19-27(20-23-44)21-24-44;/h1-16,27,36-37,45H,17-26H2;1H/q+1;/p-1/t27?,36-,37+,39+,44?;/m1./s1. The zero-order valence-electron chi connectivity index (χ0n) is 26.7. The molecule has 5 nitrogen and oxygen atoms in total. The Labute approximate surface area is 301 Å². The first-order valence-corrected chi connectivity index (χ1v) is 17.7. The number of halogens is 4. The third-order valence-corrected chi connectivity index (χ3v) is 12.5. The molecule has 4 fully saturated rings. The molecule has 1 N–H and O–H groups in total. The fourth-order valence-electron chi connectivity index (χ4n) is 7.75. The predicted octanol–water partition coefficient (Wildman–Crippen LogP) is 5.44. The molecule has 0 aliphatic carbocycles. The number of aliphatic hydroxyl groups excluding tert-OH is 1. The summed E-state index contributed by atoms with van der Waals surface area (Å²) < 4.78 is 33.8. The number of carbonyl (C=O) groups excluding carboxylic acids is 1. The summed E-state index contributed by atoms with van der Waals surface area (Å²) in [7, 11) is 0. The monoisotopic (exact) mass is 784 g/mol. The molecular weight excluding hydrogens is 745 g/mol. The van der Waals surface area contributed by atoms with Crippen molar-refractivity contribution in [1.82, 2.24) is 0 Å². The lowest BCUT2D eigenvalue weighted by Crippen LogP contribution is -3.00. The number of fused-ring (bicyclic) bond motifs is 3. The fourth-order valence-corrected chi connectivity index (χ4v) is 9.20. The van der Waals surface area contributed by atoms with E-state index < -0.39 is 15.6 Å². The first-order valence-electron chi connectivity index (χ1n) is 16.6. The van der Waals surface area contributed by atoms with Gasteiger partial charge in [0.2, 0.25) is 5.91 Å². The average Bonchev–Trinajstić information content (AvgIpc) is 3.10. The van der Waals surface area contributed by atoms with Crippen molar-refractivity contribution in [3.05, 3.63) is 131 Å². The molecule has 0 saturated carbocycles. The Kier molecular flexibility index (Phi) is 10.5. The minimum atomic E-state index is -0.824. The van der Waals surface area contributed by atoms with Crippen molar-refractivity contribution >= 4 is 34.2 Å². The van der Waals surface area contributed by atoms with Gasteiger partial charge in [-0.15, -0.1) is 0 Å². The number of anilines is 1. The maximum atomic E-state index is 13.8. The largest absolute Gasteiger partial charge is 1.00 e. The molecule has 0 aromatic heterocycles. The van der Waals surface area contributed by atoms with Crippen LogP contribution in [0.25, 0.3) is 0 Å². The van der Waals surface area contributed by atoms with Gasteiger partial charge in [-0.3, -0.25) is 9.69 Å². The van der Waals surface area contributed by atoms with Crippen molar-refractivity contribution < 1.29 is 40.3 Å². The summed E-state index contributed by atoms with van der Waals surface area (Å²) in [5.74, 6) is 0.453. The number of benzene rings is 4. The van der Waals surface area contributed by atoms with Gasteiger partial charge in [0.25, 0.3) is 0 Å². The number of nitrogens with zero attached hydrogens (tertiary/aromatic N) is 2. The minimum absolute atomic E-state index is 0. The van der Waals surface area contributed by atoms with E-state index in [2.05, 4.69) is 46.9 Å². The molecule has 4 aliphatic rings. The van der Waals surface area contributed by atoms with E-state index in [4.69, 9.17) is 4.74 Å². The molecule has 1 amide bonds. The van der Waals surface area contributed by atoms with Gasteiger partial charge < -0.3 is 26.7 Å². The Bertz CT molecular complexity index is 1680. The molecular formula is C39H40ClF2IN2O3. The Balaban J connectivity index is 0.00000401. The zero-order valence-corrected chi connectivity index (χ0v) is 29.6. The molecule has 0 radical (unpaired) electrons. The highest BCUT2D eigenvalue weighted by atomic mass is 127. The summed E-state index contributed by atoms with van der Waals surface area (Å²) in [4.78, 5) is 15.3. The van der Waals surface area contributed by atoms with Crippen molar-refractivity contribution in [3.63, 3.8) is 0 Å². The summed E-state index contributed by atoms with van der Waals surface area (Å²) in [6, 6.07) is 28.4. The number of rotatable bonds is 11. The van der Waals surface area contributed by atoms with Crippen LogP contribution in [-0.2, 0) is 21.5 Å². The maximum Gasteiger partial charge on any atom is 0.235 e. The second-order valence-electron chi connectivity index (χ2n) is 13.6. The van der Waals surface area contributed by atoms with Crippen molar-refractivity contribution in [2.24, 2.45) is 11.8 Å². The van der Waals surface area contributed by atoms with E-state index in [1.54, 1.807) is 29.2 Å². The SMILES string of the molecule is O=C1[C@@H](CC[C@H](O)c2ccc(F)cc2)[C@](I)(c2ccc(OCc3ccc(C[N+]45CCC(CC4)CC5)cc3)cc2)N1c1ccc(F)cc1.[Cl-]. The molecule has 48 heavy (non-hydrogen) atoms. The van der Waals surface area contributed by atoms with E-state index in [-0.39, 0.29) is 29.9 Å². The third kappa shape index (κ3) is 6.99. The number of amides is 1. The Morgan fingerprint density at radius 3 is 2.00 bits per heavy atom. The van der Waals surface area contributed by atoms with E-state index in [1.165, 1.54) is 73.2 Å². The summed E-state index contributed by atoms with van der Waals surface area (Å²) in [6.07, 6.45) is 4.08. The van der Waals surface area contributed by atoms with Gasteiger partial charge in [-0.05, 0) is 126 Å². The number of aliphatic hydroxyl groups is 1. The molecule has 4 aromatic carbocycles. The van der Waals surface area contributed by atoms with E-state index in [0.29, 0.717) is 30.7 Å². The molecule has 8 rings (SSSR count). The van der Waals surface area contributed by atoms with Crippen LogP contribution in [0.1, 0.15) is 60.5 Å². The van der Waals surface area contributed by atoms with Gasteiger partial charge in [-0.1, -0.05) is 48.5 Å². The van der Waals surface area contributed by atoms with Crippen LogP contribution in [0.5, 0.6) is 5.75 Å². The number of carbonyl (C=O) groups is 1. The van der Waals surface area contributed by atoms with Gasteiger partial charge in [0, 0.05) is 11.3 Å². The highest BCUT2D eigenvalue weighted by molar-refractivity contribution is 14.1. The molecule has 252 valence electrons. The second kappa shape index (κ2) is 14.4. The predicted molar refractivity (Wildman–Crippen MR) is 187 cm³/mol. The van der Waals surface area contributed by atoms with E-state index in [1.807, 2.05) is 24.3 Å². The van der Waals surface area contributed by atoms with Gasteiger partial charge in [-0.2, -0.15) is 0 Å². The first kappa shape index (κ1) is 34.8. The van der Waals surface area contributed by atoms with Crippen molar-refractivity contribution in [2.75, 3.05) is 24.5 Å². The molecule has 9 heteroatoms. The summed E-state index contributed by atoms with van der Waals surface area (Å²) >= 11 is 2.32. The van der Waals surface area contributed by atoms with E-state index in [9.17, 15) is 18.7 Å². The number of quaternary nitrogens is 1. The van der Waals surface area contributed by atoms with Crippen LogP contribution < -0.4 is 22.0 Å². The highest BCUT2D eigenvalue weighted by Gasteiger charge is 2.59. The first-order chi connectivity index (χ1) is 22.7. The Hall–Kier alpha value is -3.05. The Morgan fingerprint density at radius 2 is 1.40 bits per heavy atom. The number of alkyl halides is 1. The van der Waals surface area contributed by atoms with Crippen molar-refractivity contribution in [1.29, 1.82) is 0 Å². The average molecular weight is 785 g/mol. The highest BCUT2D eigenvalue weighted by Crippen LogP contribution is 2.56. The molecule has 4 aliphatic heterocycles. The lowest BCUT2D eigenvalue weighted by molar-refractivity contribution is -0.955. The summed E-state index contributed by atoms with van der Waals surface area (Å²) in [5.41, 5.74) is 4.64. The molecule has 3 atom stereocenters. The molecule has 4 heterocycles. The van der Waals surface area contributed by atoms with Crippen LogP contribution in [0.3, 0.4) is 0 Å². The van der Waals surface area contributed by atoms with Gasteiger partial charge >= 0.3 is 0 Å². The van der Waals surface area contributed by atoms with Crippen LogP contribution in [0, 0.1) is 23.5 Å². The van der Waals surface area contributed by atoms with Gasteiger partial charge in [-0.25, -0.2) is 8.78 Å². The van der Waals surface area contributed by atoms with Crippen LogP contribution in [0.4, 0.5) is 14.5 Å². The van der Waals surface area contributed by atoms with Gasteiger partial charge in [0.05, 0.1) is 31.7 Å². The molecule has 2 bridgehead atoms. The summed E-state index contributed by atoms with van der Waals surface area (Å²) in [5, 5.41) is 10.8. The molecule has 4 saturated heterocycles. The van der Waals surface area contributed by atoms with Crippen molar-refractivity contribution in [3.8, 4) is 5.75 Å². The number of hydrogen-bond acceptors (Lipinski definition) is 3. The van der Waals surface area contributed by atoms with Crippen LogP contribution in [0.15, 0.2) is 97.1 Å². The lowest BCUT2D eigenvalue weighted by Gasteiger charge is -2.55. The molecule has 4 aromatic rings. The normalized spacial score (nSPS) is 25.2. The van der Waals surface area contributed by atoms with Crippen LogP contribution >= 0.6 is 22.6 Å². The quantitative estimate of drug-likeness (QED) is 0.0726. The molecule has 0 unspecified atom stereocenters. The van der Waals surface area contributed by atoms with E-state index in [0.717, 1.165) is 29.3 Å². The number of hydrogen-bond donors (Lipinski definition) is 1. The van der Waals surface area contributed by atoms with Gasteiger partial charge in [0.1, 0.15) is 34.1 Å². The van der Waals surface area contributed by atoms with Crippen molar-refractivity contribution in [2.45, 2.75) is 54.9 Å². The minimum Gasteiger partial charge on any atom is -1.00 e. The zero-order chi connectivity index (χ0) is 32.6.